The lowest BCUT2D eigenvalue weighted by Gasteiger charge is -2.31. The summed E-state index contributed by atoms with van der Waals surface area (Å²) >= 11 is 0. The van der Waals surface area contributed by atoms with Gasteiger partial charge in [0.15, 0.2) is 0 Å². The van der Waals surface area contributed by atoms with Crippen molar-refractivity contribution in [1.29, 1.82) is 0 Å². The molecule has 2 N–H and O–H groups in total. The zero-order valence-electron chi connectivity index (χ0n) is 7.01. The van der Waals surface area contributed by atoms with Gasteiger partial charge in [-0.1, -0.05) is 6.42 Å². The second-order valence-corrected chi connectivity index (χ2v) is 3.54. The Morgan fingerprint density at radius 3 is 2.40 bits per heavy atom. The molecule has 0 spiro atoms. The smallest absolute Gasteiger partial charge is 0.0104 e. The van der Waals surface area contributed by atoms with E-state index < -0.39 is 0 Å². The summed E-state index contributed by atoms with van der Waals surface area (Å²) in [4.78, 5) is 2.29. The van der Waals surface area contributed by atoms with Gasteiger partial charge in [-0.25, -0.2) is 0 Å². The SMILES string of the molecule is CN(C)[C@H]1CCC[C@H](N)C1. The fourth-order valence-electron chi connectivity index (χ4n) is 1.67. The zero-order chi connectivity index (χ0) is 7.56. The van der Waals surface area contributed by atoms with Crippen LogP contribution in [0.3, 0.4) is 0 Å². The van der Waals surface area contributed by atoms with Crippen molar-refractivity contribution in [2.45, 2.75) is 37.8 Å². The highest BCUT2D eigenvalue weighted by molar-refractivity contribution is 4.79. The minimum absolute atomic E-state index is 0.459. The molecule has 0 heterocycles. The zero-order valence-corrected chi connectivity index (χ0v) is 7.01. The Morgan fingerprint density at radius 1 is 1.30 bits per heavy atom. The maximum absolute atomic E-state index is 5.84. The fraction of sp³-hybridized carbons (Fsp3) is 1.00. The first-order chi connectivity index (χ1) is 4.70. The monoisotopic (exact) mass is 142 g/mol. The minimum Gasteiger partial charge on any atom is -0.328 e. The maximum atomic E-state index is 5.84. The molecule has 0 saturated heterocycles. The van der Waals surface area contributed by atoms with E-state index in [0.717, 1.165) is 6.04 Å². The Hall–Kier alpha value is -0.0800. The Kier molecular flexibility index (Phi) is 2.69. The summed E-state index contributed by atoms with van der Waals surface area (Å²) in [5.41, 5.74) is 5.84. The van der Waals surface area contributed by atoms with Crippen molar-refractivity contribution in [3.63, 3.8) is 0 Å². The normalized spacial score (nSPS) is 34.8. The molecule has 0 aromatic carbocycles. The Balaban J connectivity index is 2.32. The van der Waals surface area contributed by atoms with Crippen molar-refractivity contribution in [2.24, 2.45) is 5.73 Å². The first-order valence-corrected chi connectivity index (χ1v) is 4.12. The molecule has 2 heteroatoms. The number of hydrogen-bond acceptors (Lipinski definition) is 2. The molecular formula is C8H18N2. The van der Waals surface area contributed by atoms with Crippen LogP contribution in [0.5, 0.6) is 0 Å². The van der Waals surface area contributed by atoms with Crippen molar-refractivity contribution in [1.82, 2.24) is 4.90 Å². The van der Waals surface area contributed by atoms with Crippen molar-refractivity contribution in [3.05, 3.63) is 0 Å². The van der Waals surface area contributed by atoms with Gasteiger partial charge in [-0.05, 0) is 33.4 Å². The molecule has 10 heavy (non-hydrogen) atoms. The molecule has 2 atom stereocenters. The third-order valence-corrected chi connectivity index (χ3v) is 2.42. The lowest BCUT2D eigenvalue weighted by atomic mass is 9.91. The van der Waals surface area contributed by atoms with Crippen molar-refractivity contribution < 1.29 is 0 Å². The molecule has 1 aliphatic rings. The molecule has 60 valence electrons. The van der Waals surface area contributed by atoms with Gasteiger partial charge in [0.2, 0.25) is 0 Å². The van der Waals surface area contributed by atoms with Crippen LogP contribution in [0.2, 0.25) is 0 Å². The van der Waals surface area contributed by atoms with Crippen LogP contribution in [0.1, 0.15) is 25.7 Å². The molecular weight excluding hydrogens is 124 g/mol. The maximum Gasteiger partial charge on any atom is 0.0104 e. The van der Waals surface area contributed by atoms with Gasteiger partial charge in [0, 0.05) is 12.1 Å². The van der Waals surface area contributed by atoms with E-state index in [-0.39, 0.29) is 0 Å². The van der Waals surface area contributed by atoms with Gasteiger partial charge in [0.05, 0.1) is 0 Å². The summed E-state index contributed by atoms with van der Waals surface area (Å²) < 4.78 is 0. The van der Waals surface area contributed by atoms with Crippen molar-refractivity contribution in [2.75, 3.05) is 14.1 Å². The van der Waals surface area contributed by atoms with E-state index in [4.69, 9.17) is 5.73 Å². The predicted molar refractivity (Wildman–Crippen MR) is 43.9 cm³/mol. The van der Waals surface area contributed by atoms with E-state index in [1.54, 1.807) is 0 Å². The molecule has 1 fully saturated rings. The van der Waals surface area contributed by atoms with E-state index in [9.17, 15) is 0 Å². The first kappa shape index (κ1) is 8.02. The molecule has 0 bridgehead atoms. The van der Waals surface area contributed by atoms with Gasteiger partial charge in [0.1, 0.15) is 0 Å². The lowest BCUT2D eigenvalue weighted by Crippen LogP contribution is -2.38. The summed E-state index contributed by atoms with van der Waals surface area (Å²) in [6, 6.07) is 1.20. The van der Waals surface area contributed by atoms with Gasteiger partial charge in [-0.2, -0.15) is 0 Å². The second kappa shape index (κ2) is 3.35. The Bertz CT molecular complexity index is 101. The van der Waals surface area contributed by atoms with Crippen LogP contribution < -0.4 is 5.73 Å². The third-order valence-electron chi connectivity index (χ3n) is 2.42. The molecule has 1 rings (SSSR count). The summed E-state index contributed by atoms with van der Waals surface area (Å²) in [6.07, 6.45) is 5.06. The molecule has 1 aliphatic carbocycles. The Morgan fingerprint density at radius 2 is 2.00 bits per heavy atom. The largest absolute Gasteiger partial charge is 0.328 e. The highest BCUT2D eigenvalue weighted by atomic mass is 15.1. The minimum atomic E-state index is 0.459. The molecule has 1 saturated carbocycles. The summed E-state index contributed by atoms with van der Waals surface area (Å²) in [6.45, 7) is 0. The van der Waals surface area contributed by atoms with Gasteiger partial charge in [-0.15, -0.1) is 0 Å². The lowest BCUT2D eigenvalue weighted by molar-refractivity contribution is 0.214. The number of hydrogen-bond donors (Lipinski definition) is 1. The average Bonchev–Trinajstić information content (AvgIpc) is 1.88. The first-order valence-electron chi connectivity index (χ1n) is 4.12. The highest BCUT2D eigenvalue weighted by Gasteiger charge is 2.19. The van der Waals surface area contributed by atoms with Crippen LogP contribution in [0, 0.1) is 0 Å². The average molecular weight is 142 g/mol. The van der Waals surface area contributed by atoms with E-state index >= 15 is 0 Å². The molecule has 0 aliphatic heterocycles. The number of rotatable bonds is 1. The molecule has 0 aromatic rings. The van der Waals surface area contributed by atoms with Crippen molar-refractivity contribution in [3.8, 4) is 0 Å². The highest BCUT2D eigenvalue weighted by Crippen LogP contribution is 2.19. The van der Waals surface area contributed by atoms with Gasteiger partial charge < -0.3 is 10.6 Å². The summed E-state index contributed by atoms with van der Waals surface area (Å²) in [5.74, 6) is 0. The van der Waals surface area contributed by atoms with Crippen LogP contribution >= 0.6 is 0 Å². The number of nitrogens with two attached hydrogens (primary N) is 1. The third kappa shape index (κ3) is 1.96. The van der Waals surface area contributed by atoms with E-state index in [1.807, 2.05) is 0 Å². The van der Waals surface area contributed by atoms with Crippen LogP contribution in [-0.2, 0) is 0 Å². The molecule has 0 unspecified atom stereocenters. The molecule has 0 amide bonds. The Labute approximate surface area is 63.4 Å². The van der Waals surface area contributed by atoms with Crippen LogP contribution in [0.25, 0.3) is 0 Å². The topological polar surface area (TPSA) is 29.3 Å². The summed E-state index contributed by atoms with van der Waals surface area (Å²) in [5, 5.41) is 0. The molecule has 0 radical (unpaired) electrons. The number of nitrogens with zero attached hydrogens (tertiary/aromatic N) is 1. The fourth-order valence-corrected chi connectivity index (χ4v) is 1.67. The summed E-state index contributed by atoms with van der Waals surface area (Å²) in [7, 11) is 4.28. The second-order valence-electron chi connectivity index (χ2n) is 3.54. The van der Waals surface area contributed by atoms with Gasteiger partial charge in [0.25, 0.3) is 0 Å². The molecule has 0 aromatic heterocycles. The molecule has 2 nitrogen and oxygen atoms in total. The van der Waals surface area contributed by atoms with E-state index in [0.29, 0.717) is 6.04 Å². The van der Waals surface area contributed by atoms with Gasteiger partial charge >= 0.3 is 0 Å². The van der Waals surface area contributed by atoms with Crippen LogP contribution in [0.15, 0.2) is 0 Å². The van der Waals surface area contributed by atoms with E-state index in [1.165, 1.54) is 25.7 Å². The standard InChI is InChI=1S/C8H18N2/c1-10(2)8-5-3-4-7(9)6-8/h7-8H,3-6,9H2,1-2H3/t7-,8-/m0/s1. The quantitative estimate of drug-likeness (QED) is 0.587. The van der Waals surface area contributed by atoms with Crippen LogP contribution in [-0.4, -0.2) is 31.1 Å². The van der Waals surface area contributed by atoms with Crippen molar-refractivity contribution >= 4 is 0 Å². The van der Waals surface area contributed by atoms with E-state index in [2.05, 4.69) is 19.0 Å². The van der Waals surface area contributed by atoms with Crippen LogP contribution in [0.4, 0.5) is 0 Å². The van der Waals surface area contributed by atoms with Gasteiger partial charge in [-0.3, -0.25) is 0 Å². The predicted octanol–water partition coefficient (Wildman–Crippen LogP) is 0.818.